The second-order valence-corrected chi connectivity index (χ2v) is 9.07. The first-order chi connectivity index (χ1) is 15.9. The van der Waals surface area contributed by atoms with Crippen LogP contribution < -0.4 is 16.4 Å². The van der Waals surface area contributed by atoms with Gasteiger partial charge in [0.2, 0.25) is 11.8 Å². The number of hydrogen-bond donors (Lipinski definition) is 3. The molecule has 8 nitrogen and oxygen atoms in total. The SMILES string of the molecule is N[C@@H]1CC[C@@H](c2ccc(NCc3ccc4c(c3)C(=O)N(C3CCC(=O)NC3=O)C4=O)cc2)C1. The number of imide groups is 2. The highest BCUT2D eigenvalue weighted by atomic mass is 16.2. The minimum absolute atomic E-state index is 0.103. The number of anilines is 1. The number of rotatable bonds is 5. The number of nitrogens with two attached hydrogens (primary N) is 1. The average molecular weight is 447 g/mol. The standard InChI is InChI=1S/C25H26N4O4/c26-17-5-2-16(12-17)15-3-6-18(7-4-15)27-13-14-1-8-19-20(11-14)25(33)29(24(19)32)21-9-10-22(30)28-23(21)31/h1,3-4,6-8,11,16-17,21,27H,2,5,9-10,12-13,26H2,(H,28,30,31)/t16-,17-,21?/m1/s1. The van der Waals surface area contributed by atoms with Gasteiger partial charge in [-0.2, -0.15) is 0 Å². The van der Waals surface area contributed by atoms with Crippen molar-refractivity contribution >= 4 is 29.3 Å². The fourth-order valence-electron chi connectivity index (χ4n) is 5.02. The molecule has 0 spiro atoms. The first-order valence-electron chi connectivity index (χ1n) is 11.3. The van der Waals surface area contributed by atoms with E-state index in [-0.39, 0.29) is 29.9 Å². The van der Waals surface area contributed by atoms with Crippen LogP contribution in [0.2, 0.25) is 0 Å². The predicted octanol–water partition coefficient (Wildman–Crippen LogP) is 2.29. The van der Waals surface area contributed by atoms with E-state index in [1.165, 1.54) is 5.56 Å². The van der Waals surface area contributed by atoms with Gasteiger partial charge in [-0.05, 0) is 67.0 Å². The van der Waals surface area contributed by atoms with Gasteiger partial charge in [0.1, 0.15) is 6.04 Å². The molecule has 2 aromatic carbocycles. The number of nitrogens with one attached hydrogen (secondary N) is 2. The smallest absolute Gasteiger partial charge is 0.262 e. The first-order valence-corrected chi connectivity index (χ1v) is 11.3. The Hall–Kier alpha value is -3.52. The summed E-state index contributed by atoms with van der Waals surface area (Å²) in [4.78, 5) is 50.3. The van der Waals surface area contributed by atoms with Crippen molar-refractivity contribution in [1.29, 1.82) is 0 Å². The van der Waals surface area contributed by atoms with Gasteiger partial charge < -0.3 is 11.1 Å². The van der Waals surface area contributed by atoms with E-state index in [0.29, 0.717) is 18.5 Å². The Morgan fingerprint density at radius 1 is 0.939 bits per heavy atom. The van der Waals surface area contributed by atoms with E-state index >= 15 is 0 Å². The van der Waals surface area contributed by atoms with E-state index in [0.717, 1.165) is 35.4 Å². The van der Waals surface area contributed by atoms with Crippen molar-refractivity contribution in [2.24, 2.45) is 5.73 Å². The lowest BCUT2D eigenvalue weighted by Gasteiger charge is -2.27. The third-order valence-corrected chi connectivity index (χ3v) is 6.86. The molecule has 0 bridgehead atoms. The highest BCUT2D eigenvalue weighted by molar-refractivity contribution is 6.23. The third kappa shape index (κ3) is 4.02. The number of fused-ring (bicyclic) bond motifs is 1. The lowest BCUT2D eigenvalue weighted by atomic mass is 9.97. The Morgan fingerprint density at radius 3 is 2.39 bits per heavy atom. The number of carbonyl (C=O) groups excluding carboxylic acids is 4. The molecule has 2 heterocycles. The van der Waals surface area contributed by atoms with E-state index in [2.05, 4.69) is 22.8 Å². The number of piperidine rings is 1. The molecule has 1 unspecified atom stereocenters. The van der Waals surface area contributed by atoms with Crippen molar-refractivity contribution in [1.82, 2.24) is 10.2 Å². The molecule has 1 aliphatic carbocycles. The van der Waals surface area contributed by atoms with Crippen LogP contribution in [0.1, 0.15) is 69.9 Å². The minimum atomic E-state index is -0.954. The fraction of sp³-hybridized carbons (Fsp3) is 0.360. The average Bonchev–Trinajstić information content (AvgIpc) is 3.34. The van der Waals surface area contributed by atoms with Gasteiger partial charge in [0, 0.05) is 24.7 Å². The molecule has 4 N–H and O–H groups in total. The molecule has 2 fully saturated rings. The zero-order valence-corrected chi connectivity index (χ0v) is 18.2. The first kappa shape index (κ1) is 21.3. The van der Waals surface area contributed by atoms with Gasteiger partial charge in [-0.1, -0.05) is 18.2 Å². The zero-order valence-electron chi connectivity index (χ0n) is 18.2. The summed E-state index contributed by atoms with van der Waals surface area (Å²) in [5.74, 6) is -1.45. The molecule has 1 saturated carbocycles. The van der Waals surface area contributed by atoms with Crippen molar-refractivity contribution in [3.05, 3.63) is 64.7 Å². The summed E-state index contributed by atoms with van der Waals surface area (Å²) in [7, 11) is 0. The maximum absolute atomic E-state index is 13.0. The van der Waals surface area contributed by atoms with Crippen LogP contribution in [0.25, 0.3) is 0 Å². The van der Waals surface area contributed by atoms with Crippen molar-refractivity contribution in [3.8, 4) is 0 Å². The van der Waals surface area contributed by atoms with Crippen molar-refractivity contribution in [2.45, 2.75) is 56.7 Å². The summed E-state index contributed by atoms with van der Waals surface area (Å²) in [6.07, 6.45) is 3.49. The molecule has 2 aromatic rings. The largest absolute Gasteiger partial charge is 0.381 e. The number of hydrogen-bond acceptors (Lipinski definition) is 6. The maximum Gasteiger partial charge on any atom is 0.262 e. The molecular formula is C25H26N4O4. The molecule has 170 valence electrons. The van der Waals surface area contributed by atoms with Crippen LogP contribution in [0.4, 0.5) is 5.69 Å². The Morgan fingerprint density at radius 2 is 1.70 bits per heavy atom. The number of carbonyl (C=O) groups is 4. The quantitative estimate of drug-likeness (QED) is 0.606. The molecular weight excluding hydrogens is 420 g/mol. The molecule has 0 aromatic heterocycles. The number of benzene rings is 2. The Balaban J connectivity index is 1.26. The molecule has 1 saturated heterocycles. The summed E-state index contributed by atoms with van der Waals surface area (Å²) in [5, 5.41) is 5.56. The molecule has 5 rings (SSSR count). The van der Waals surface area contributed by atoms with Crippen molar-refractivity contribution in [2.75, 3.05) is 5.32 Å². The lowest BCUT2D eigenvalue weighted by molar-refractivity contribution is -0.136. The Bertz CT molecular complexity index is 1140. The Labute approximate surface area is 191 Å². The monoisotopic (exact) mass is 446 g/mol. The van der Waals surface area contributed by atoms with Gasteiger partial charge in [0.25, 0.3) is 11.8 Å². The van der Waals surface area contributed by atoms with Gasteiger partial charge in [-0.15, -0.1) is 0 Å². The van der Waals surface area contributed by atoms with E-state index in [1.807, 2.05) is 12.1 Å². The summed E-state index contributed by atoms with van der Waals surface area (Å²) in [5.41, 5.74) is 9.73. The summed E-state index contributed by atoms with van der Waals surface area (Å²) < 4.78 is 0. The molecule has 0 radical (unpaired) electrons. The van der Waals surface area contributed by atoms with Crippen LogP contribution in [-0.4, -0.2) is 40.6 Å². The van der Waals surface area contributed by atoms with Gasteiger partial charge in [-0.25, -0.2) is 0 Å². The summed E-state index contributed by atoms with van der Waals surface area (Å²) in [6.45, 7) is 0.487. The molecule has 3 aliphatic rings. The van der Waals surface area contributed by atoms with Gasteiger partial charge in [0.15, 0.2) is 0 Å². The van der Waals surface area contributed by atoms with Crippen LogP contribution >= 0.6 is 0 Å². The molecule has 8 heteroatoms. The molecule has 33 heavy (non-hydrogen) atoms. The Kier molecular flexibility index (Phi) is 5.46. The van der Waals surface area contributed by atoms with E-state index in [1.54, 1.807) is 18.2 Å². The van der Waals surface area contributed by atoms with Gasteiger partial charge in [0.05, 0.1) is 11.1 Å². The van der Waals surface area contributed by atoms with Crippen molar-refractivity contribution in [3.63, 3.8) is 0 Å². The van der Waals surface area contributed by atoms with Gasteiger partial charge in [-0.3, -0.25) is 29.4 Å². The normalized spacial score (nSPS) is 24.8. The van der Waals surface area contributed by atoms with E-state index in [4.69, 9.17) is 5.73 Å². The van der Waals surface area contributed by atoms with Crippen LogP contribution in [0.5, 0.6) is 0 Å². The predicted molar refractivity (Wildman–Crippen MR) is 121 cm³/mol. The van der Waals surface area contributed by atoms with Crippen molar-refractivity contribution < 1.29 is 19.2 Å². The van der Waals surface area contributed by atoms with Crippen LogP contribution in [0, 0.1) is 0 Å². The lowest BCUT2D eigenvalue weighted by Crippen LogP contribution is -2.54. The zero-order chi connectivity index (χ0) is 23.1. The summed E-state index contributed by atoms with van der Waals surface area (Å²) in [6, 6.07) is 12.8. The second-order valence-electron chi connectivity index (χ2n) is 9.07. The minimum Gasteiger partial charge on any atom is -0.381 e. The number of amides is 4. The van der Waals surface area contributed by atoms with Crippen LogP contribution in [0.15, 0.2) is 42.5 Å². The van der Waals surface area contributed by atoms with Gasteiger partial charge >= 0.3 is 0 Å². The highest BCUT2D eigenvalue weighted by Crippen LogP contribution is 2.34. The summed E-state index contributed by atoms with van der Waals surface area (Å²) >= 11 is 0. The van der Waals surface area contributed by atoms with Crippen LogP contribution in [-0.2, 0) is 16.1 Å². The van der Waals surface area contributed by atoms with Crippen LogP contribution in [0.3, 0.4) is 0 Å². The fourth-order valence-corrected chi connectivity index (χ4v) is 5.02. The number of nitrogens with zero attached hydrogens (tertiary/aromatic N) is 1. The molecule has 3 atom stereocenters. The topological polar surface area (TPSA) is 122 Å². The molecule has 2 aliphatic heterocycles. The van der Waals surface area contributed by atoms with E-state index < -0.39 is 23.8 Å². The highest BCUT2D eigenvalue weighted by Gasteiger charge is 2.44. The second kappa shape index (κ2) is 8.44. The third-order valence-electron chi connectivity index (χ3n) is 6.86. The molecule has 4 amide bonds. The van der Waals surface area contributed by atoms with E-state index in [9.17, 15) is 19.2 Å². The maximum atomic E-state index is 13.0.